The van der Waals surface area contributed by atoms with Crippen LogP contribution in [0.15, 0.2) is 12.1 Å². The first-order valence-electron chi connectivity index (χ1n) is 6.69. The third-order valence-electron chi connectivity index (χ3n) is 3.09. The fourth-order valence-corrected chi connectivity index (χ4v) is 2.20. The van der Waals surface area contributed by atoms with E-state index in [9.17, 15) is 14.4 Å². The summed E-state index contributed by atoms with van der Waals surface area (Å²) in [6.07, 6.45) is 0. The lowest BCUT2D eigenvalue weighted by molar-refractivity contribution is -0.149. The van der Waals surface area contributed by atoms with E-state index >= 15 is 0 Å². The highest BCUT2D eigenvalue weighted by Gasteiger charge is 2.25. The number of carbonyl (C=O) groups excluding carboxylic acids is 3. The standard InChI is InChI=1S/C15H21N3O3/c1-9-7-10(2)13(11(3)8-9)17-14(20)15(21)18(6-5-16)12(4)19/h7-8H,5-6,16H2,1-4H3,(H,17,20). The Kier molecular flexibility index (Phi) is 5.60. The summed E-state index contributed by atoms with van der Waals surface area (Å²) >= 11 is 0. The topological polar surface area (TPSA) is 92.5 Å². The maximum atomic E-state index is 12.0. The van der Waals surface area contributed by atoms with Crippen molar-refractivity contribution < 1.29 is 14.4 Å². The molecule has 0 fully saturated rings. The number of imide groups is 1. The van der Waals surface area contributed by atoms with Crippen molar-refractivity contribution >= 4 is 23.4 Å². The van der Waals surface area contributed by atoms with Gasteiger partial charge < -0.3 is 11.1 Å². The number of hydrogen-bond donors (Lipinski definition) is 2. The van der Waals surface area contributed by atoms with E-state index < -0.39 is 17.7 Å². The molecule has 1 rings (SSSR count). The van der Waals surface area contributed by atoms with Gasteiger partial charge in [-0.2, -0.15) is 0 Å². The van der Waals surface area contributed by atoms with Crippen LogP contribution in [-0.2, 0) is 14.4 Å². The average Bonchev–Trinajstić information content (AvgIpc) is 2.38. The van der Waals surface area contributed by atoms with Gasteiger partial charge in [-0.25, -0.2) is 0 Å². The molecule has 3 N–H and O–H groups in total. The number of nitrogens with two attached hydrogens (primary N) is 1. The molecule has 6 heteroatoms. The zero-order valence-electron chi connectivity index (χ0n) is 12.8. The predicted molar refractivity (Wildman–Crippen MR) is 80.7 cm³/mol. The fraction of sp³-hybridized carbons (Fsp3) is 0.400. The number of nitrogens with one attached hydrogen (secondary N) is 1. The number of nitrogens with zero attached hydrogens (tertiary/aromatic N) is 1. The van der Waals surface area contributed by atoms with Gasteiger partial charge in [-0.15, -0.1) is 0 Å². The third-order valence-corrected chi connectivity index (χ3v) is 3.09. The van der Waals surface area contributed by atoms with Crippen LogP contribution in [-0.4, -0.2) is 35.7 Å². The summed E-state index contributed by atoms with van der Waals surface area (Å²) in [5.74, 6) is -2.24. The summed E-state index contributed by atoms with van der Waals surface area (Å²) in [4.78, 5) is 36.3. The van der Waals surface area contributed by atoms with E-state index in [2.05, 4.69) is 5.32 Å². The highest BCUT2D eigenvalue weighted by atomic mass is 16.2. The Morgan fingerprint density at radius 3 is 2.10 bits per heavy atom. The number of rotatable bonds is 3. The number of anilines is 1. The average molecular weight is 291 g/mol. The Balaban J connectivity index is 2.95. The molecule has 0 bridgehead atoms. The molecule has 21 heavy (non-hydrogen) atoms. The summed E-state index contributed by atoms with van der Waals surface area (Å²) in [6, 6.07) is 3.82. The lowest BCUT2D eigenvalue weighted by Crippen LogP contribution is -2.44. The van der Waals surface area contributed by atoms with Crippen LogP contribution >= 0.6 is 0 Å². The van der Waals surface area contributed by atoms with Crippen LogP contribution in [0.1, 0.15) is 23.6 Å². The lowest BCUT2D eigenvalue weighted by Gasteiger charge is -2.18. The van der Waals surface area contributed by atoms with E-state index in [1.165, 1.54) is 6.92 Å². The van der Waals surface area contributed by atoms with Crippen LogP contribution in [0.5, 0.6) is 0 Å². The van der Waals surface area contributed by atoms with Crippen molar-refractivity contribution in [2.24, 2.45) is 5.73 Å². The van der Waals surface area contributed by atoms with Crippen molar-refractivity contribution in [1.29, 1.82) is 0 Å². The molecule has 0 unspecified atom stereocenters. The van der Waals surface area contributed by atoms with E-state index in [0.717, 1.165) is 21.6 Å². The van der Waals surface area contributed by atoms with Crippen molar-refractivity contribution in [2.75, 3.05) is 18.4 Å². The summed E-state index contributed by atoms with van der Waals surface area (Å²) in [5, 5.41) is 2.58. The van der Waals surface area contributed by atoms with Crippen molar-refractivity contribution in [3.63, 3.8) is 0 Å². The minimum Gasteiger partial charge on any atom is -0.329 e. The van der Waals surface area contributed by atoms with Gasteiger partial charge in [0, 0.05) is 25.7 Å². The smallest absolute Gasteiger partial charge is 0.318 e. The van der Waals surface area contributed by atoms with E-state index in [0.29, 0.717) is 5.69 Å². The molecule has 114 valence electrons. The van der Waals surface area contributed by atoms with Crippen molar-refractivity contribution in [3.05, 3.63) is 28.8 Å². The summed E-state index contributed by atoms with van der Waals surface area (Å²) < 4.78 is 0. The summed E-state index contributed by atoms with van der Waals surface area (Å²) in [5.41, 5.74) is 8.74. The molecule has 1 aromatic carbocycles. The molecule has 0 aliphatic rings. The zero-order chi connectivity index (χ0) is 16.2. The molecule has 0 saturated heterocycles. The molecule has 3 amide bonds. The van der Waals surface area contributed by atoms with Gasteiger partial charge in [0.15, 0.2) is 0 Å². The van der Waals surface area contributed by atoms with Gasteiger partial charge in [-0.1, -0.05) is 17.7 Å². The maximum Gasteiger partial charge on any atom is 0.318 e. The number of aryl methyl sites for hydroxylation is 3. The van der Waals surface area contributed by atoms with Crippen LogP contribution in [0.25, 0.3) is 0 Å². The summed E-state index contributed by atoms with van der Waals surface area (Å²) in [7, 11) is 0. The molecule has 6 nitrogen and oxygen atoms in total. The SMILES string of the molecule is CC(=O)N(CCN)C(=O)C(=O)Nc1c(C)cc(C)cc1C. The monoisotopic (exact) mass is 291 g/mol. The van der Waals surface area contributed by atoms with Gasteiger partial charge in [0.2, 0.25) is 5.91 Å². The highest BCUT2D eigenvalue weighted by molar-refractivity contribution is 6.41. The van der Waals surface area contributed by atoms with Crippen molar-refractivity contribution in [2.45, 2.75) is 27.7 Å². The molecule has 1 aromatic rings. The highest BCUT2D eigenvalue weighted by Crippen LogP contribution is 2.21. The van der Waals surface area contributed by atoms with Gasteiger partial charge >= 0.3 is 11.8 Å². The second kappa shape index (κ2) is 6.99. The third kappa shape index (κ3) is 4.13. The maximum absolute atomic E-state index is 12.0. The van der Waals surface area contributed by atoms with Crippen LogP contribution < -0.4 is 11.1 Å². The number of carbonyl (C=O) groups is 3. The Bertz CT molecular complexity index is 559. The van der Waals surface area contributed by atoms with Crippen LogP contribution in [0.2, 0.25) is 0 Å². The van der Waals surface area contributed by atoms with Gasteiger partial charge in [0.1, 0.15) is 0 Å². The molecule has 0 atom stereocenters. The van der Waals surface area contributed by atoms with E-state index in [-0.39, 0.29) is 13.1 Å². The van der Waals surface area contributed by atoms with Gasteiger partial charge in [-0.05, 0) is 31.9 Å². The van der Waals surface area contributed by atoms with Crippen molar-refractivity contribution in [3.8, 4) is 0 Å². The minimum atomic E-state index is -0.896. The molecule has 0 spiro atoms. The number of hydrogen-bond acceptors (Lipinski definition) is 4. The molecular formula is C15H21N3O3. The molecular weight excluding hydrogens is 270 g/mol. The van der Waals surface area contributed by atoms with Crippen molar-refractivity contribution in [1.82, 2.24) is 4.90 Å². The second-order valence-corrected chi connectivity index (χ2v) is 4.99. The Labute approximate surface area is 124 Å². The molecule has 0 aromatic heterocycles. The van der Waals surface area contributed by atoms with Crippen LogP contribution in [0.3, 0.4) is 0 Å². The first-order chi connectivity index (χ1) is 9.77. The van der Waals surface area contributed by atoms with E-state index in [1.54, 1.807) is 0 Å². The molecule has 0 saturated carbocycles. The van der Waals surface area contributed by atoms with E-state index in [1.807, 2.05) is 32.9 Å². The summed E-state index contributed by atoms with van der Waals surface area (Å²) in [6.45, 7) is 7.01. The van der Waals surface area contributed by atoms with Gasteiger partial charge in [0.25, 0.3) is 0 Å². The number of amides is 3. The molecule has 0 aliphatic carbocycles. The Morgan fingerprint density at radius 2 is 1.67 bits per heavy atom. The quantitative estimate of drug-likeness (QED) is 0.809. The fourth-order valence-electron chi connectivity index (χ4n) is 2.20. The predicted octanol–water partition coefficient (Wildman–Crippen LogP) is 0.884. The first kappa shape index (κ1) is 16.8. The molecule has 0 heterocycles. The molecule has 0 aliphatic heterocycles. The Morgan fingerprint density at radius 1 is 1.14 bits per heavy atom. The Hall–Kier alpha value is -2.21. The zero-order valence-corrected chi connectivity index (χ0v) is 12.8. The first-order valence-corrected chi connectivity index (χ1v) is 6.69. The minimum absolute atomic E-state index is 0.0213. The van der Waals surface area contributed by atoms with Crippen LogP contribution in [0.4, 0.5) is 5.69 Å². The second-order valence-electron chi connectivity index (χ2n) is 4.99. The normalized spacial score (nSPS) is 10.1. The largest absolute Gasteiger partial charge is 0.329 e. The molecule has 0 radical (unpaired) electrons. The van der Waals surface area contributed by atoms with Gasteiger partial charge in [0.05, 0.1) is 0 Å². The van der Waals surface area contributed by atoms with Crippen LogP contribution in [0, 0.1) is 20.8 Å². The lowest BCUT2D eigenvalue weighted by atomic mass is 10.1. The number of benzene rings is 1. The van der Waals surface area contributed by atoms with Gasteiger partial charge in [-0.3, -0.25) is 19.3 Å². The van der Waals surface area contributed by atoms with E-state index in [4.69, 9.17) is 5.73 Å².